The molecule has 0 aliphatic carbocycles. The van der Waals surface area contributed by atoms with Gasteiger partial charge in [0.05, 0.1) is 0 Å². The van der Waals surface area contributed by atoms with E-state index < -0.39 is 11.2 Å². The van der Waals surface area contributed by atoms with Crippen LogP contribution >= 0.6 is 11.3 Å². The van der Waals surface area contributed by atoms with E-state index in [4.69, 9.17) is 0 Å². The van der Waals surface area contributed by atoms with Crippen molar-refractivity contribution in [2.24, 2.45) is 0 Å². The van der Waals surface area contributed by atoms with E-state index in [0.29, 0.717) is 22.9 Å². The van der Waals surface area contributed by atoms with Crippen LogP contribution in [-0.4, -0.2) is 16.2 Å². The zero-order valence-electron chi connectivity index (χ0n) is 7.72. The van der Waals surface area contributed by atoms with Crippen LogP contribution in [0.3, 0.4) is 0 Å². The van der Waals surface area contributed by atoms with Crippen molar-refractivity contribution in [2.45, 2.75) is 32.6 Å². The lowest BCUT2D eigenvalue weighted by atomic mass is 10.4. The molecule has 0 fully saturated rings. The smallest absolute Gasteiger partial charge is 0.308 e. The molecule has 0 saturated carbocycles. The number of rotatable bonds is 3. The van der Waals surface area contributed by atoms with Crippen molar-refractivity contribution in [3.05, 3.63) is 10.0 Å². The van der Waals surface area contributed by atoms with Crippen LogP contribution in [0.2, 0.25) is 0 Å². The summed E-state index contributed by atoms with van der Waals surface area (Å²) in [4.78, 5) is 0. The van der Waals surface area contributed by atoms with Gasteiger partial charge in [0.1, 0.15) is 5.01 Å². The van der Waals surface area contributed by atoms with E-state index in [-0.39, 0.29) is 6.04 Å². The lowest BCUT2D eigenvalue weighted by Gasteiger charge is -2.03. The molecule has 0 bridgehead atoms. The van der Waals surface area contributed by atoms with Crippen LogP contribution in [0.25, 0.3) is 0 Å². The zero-order chi connectivity index (χ0) is 10.8. The first-order chi connectivity index (χ1) is 6.39. The molecule has 0 spiro atoms. The molecule has 1 aromatic rings. The van der Waals surface area contributed by atoms with Gasteiger partial charge in [-0.1, -0.05) is 25.2 Å². The molecule has 0 saturated heterocycles. The summed E-state index contributed by atoms with van der Waals surface area (Å²) in [6.07, 6.45) is -4.38. The van der Waals surface area contributed by atoms with E-state index in [9.17, 15) is 13.2 Å². The van der Waals surface area contributed by atoms with E-state index in [0.717, 1.165) is 0 Å². The Kier molecular flexibility index (Phi) is 3.43. The van der Waals surface area contributed by atoms with Crippen molar-refractivity contribution >= 4 is 11.3 Å². The second-order valence-electron chi connectivity index (χ2n) is 3.03. The molecule has 0 amide bonds. The Morgan fingerprint density at radius 2 is 2.00 bits per heavy atom. The van der Waals surface area contributed by atoms with Crippen LogP contribution in [0.1, 0.15) is 23.9 Å². The van der Waals surface area contributed by atoms with Gasteiger partial charge in [0.15, 0.2) is 0 Å². The molecule has 1 N–H and O–H groups in total. The molecule has 0 aliphatic rings. The maximum atomic E-state index is 12.1. The molecule has 3 nitrogen and oxygen atoms in total. The molecule has 0 unspecified atom stereocenters. The number of alkyl halides is 3. The second-order valence-corrected chi connectivity index (χ2v) is 4.10. The van der Waals surface area contributed by atoms with Gasteiger partial charge in [-0.2, -0.15) is 13.2 Å². The van der Waals surface area contributed by atoms with Gasteiger partial charge in [-0.3, -0.25) is 0 Å². The highest BCUT2D eigenvalue weighted by molar-refractivity contribution is 7.11. The largest absolute Gasteiger partial charge is 0.445 e. The summed E-state index contributed by atoms with van der Waals surface area (Å²) in [5.74, 6) is 0. The van der Waals surface area contributed by atoms with Gasteiger partial charge >= 0.3 is 6.18 Å². The molecule has 1 heterocycles. The fourth-order valence-corrected chi connectivity index (χ4v) is 1.39. The monoisotopic (exact) mass is 225 g/mol. The minimum absolute atomic E-state index is 0.216. The van der Waals surface area contributed by atoms with Crippen LogP contribution in [0, 0.1) is 0 Å². The number of halogens is 3. The maximum absolute atomic E-state index is 12.1. The van der Waals surface area contributed by atoms with Gasteiger partial charge in [-0.05, 0) is 0 Å². The summed E-state index contributed by atoms with van der Waals surface area (Å²) >= 11 is 0.572. The molecule has 0 atom stereocenters. The molecule has 0 radical (unpaired) electrons. The third-order valence-corrected chi connectivity index (χ3v) is 2.34. The molecule has 80 valence electrons. The molecule has 0 aliphatic heterocycles. The molecular formula is C7H10F3N3S. The van der Waals surface area contributed by atoms with E-state index in [2.05, 4.69) is 15.5 Å². The van der Waals surface area contributed by atoms with Crippen molar-refractivity contribution in [3.63, 3.8) is 0 Å². The van der Waals surface area contributed by atoms with Crippen molar-refractivity contribution in [1.82, 2.24) is 15.5 Å². The summed E-state index contributed by atoms with van der Waals surface area (Å²) in [5, 5.41) is 8.94. The SMILES string of the molecule is CC(C)NCc1nnc(C(F)(F)F)s1. The number of hydrogen-bond donors (Lipinski definition) is 1. The van der Waals surface area contributed by atoms with Gasteiger partial charge in [-0.15, -0.1) is 10.2 Å². The van der Waals surface area contributed by atoms with Crippen LogP contribution in [0.4, 0.5) is 13.2 Å². The Bertz CT molecular complexity index is 295. The Morgan fingerprint density at radius 3 is 2.43 bits per heavy atom. The molecule has 1 aromatic heterocycles. The highest BCUT2D eigenvalue weighted by atomic mass is 32.1. The number of aromatic nitrogens is 2. The molecule has 7 heteroatoms. The van der Waals surface area contributed by atoms with Crippen LogP contribution in [0.5, 0.6) is 0 Å². The highest BCUT2D eigenvalue weighted by Gasteiger charge is 2.35. The molecule has 1 rings (SSSR count). The van der Waals surface area contributed by atoms with E-state index >= 15 is 0 Å². The third kappa shape index (κ3) is 3.22. The minimum Gasteiger partial charge on any atom is -0.308 e. The van der Waals surface area contributed by atoms with Gasteiger partial charge in [0.25, 0.3) is 0 Å². The van der Waals surface area contributed by atoms with Crippen molar-refractivity contribution in [2.75, 3.05) is 0 Å². The topological polar surface area (TPSA) is 37.8 Å². The quantitative estimate of drug-likeness (QED) is 0.855. The zero-order valence-corrected chi connectivity index (χ0v) is 8.54. The van der Waals surface area contributed by atoms with Crippen molar-refractivity contribution in [3.8, 4) is 0 Å². The Labute approximate surface area is 83.4 Å². The van der Waals surface area contributed by atoms with Crippen molar-refractivity contribution in [1.29, 1.82) is 0 Å². The van der Waals surface area contributed by atoms with E-state index in [1.54, 1.807) is 0 Å². The fourth-order valence-electron chi connectivity index (χ4n) is 0.731. The average Bonchev–Trinajstić information content (AvgIpc) is 2.47. The van der Waals surface area contributed by atoms with Gasteiger partial charge in [-0.25, -0.2) is 0 Å². The normalized spacial score (nSPS) is 12.4. The summed E-state index contributed by atoms with van der Waals surface area (Å²) < 4.78 is 36.3. The van der Waals surface area contributed by atoms with Gasteiger partial charge < -0.3 is 5.32 Å². The standard InChI is InChI=1S/C7H10F3N3S/c1-4(2)11-3-5-12-13-6(14-5)7(8,9)10/h4,11H,3H2,1-2H3. The maximum Gasteiger partial charge on any atom is 0.445 e. The first-order valence-corrected chi connectivity index (χ1v) is 4.84. The summed E-state index contributed by atoms with van der Waals surface area (Å²) in [7, 11) is 0. The number of nitrogens with zero attached hydrogens (tertiary/aromatic N) is 2. The summed E-state index contributed by atoms with van der Waals surface area (Å²) in [6, 6.07) is 0.216. The second kappa shape index (κ2) is 4.22. The molecule has 0 aromatic carbocycles. The number of hydrogen-bond acceptors (Lipinski definition) is 4. The predicted molar refractivity (Wildman–Crippen MR) is 46.9 cm³/mol. The summed E-state index contributed by atoms with van der Waals surface area (Å²) in [5.41, 5.74) is 0. The van der Waals surface area contributed by atoms with E-state index in [1.807, 2.05) is 13.8 Å². The van der Waals surface area contributed by atoms with Crippen molar-refractivity contribution < 1.29 is 13.2 Å². The first kappa shape index (κ1) is 11.4. The Morgan fingerprint density at radius 1 is 1.36 bits per heavy atom. The van der Waals surface area contributed by atoms with Crippen LogP contribution in [0.15, 0.2) is 0 Å². The van der Waals surface area contributed by atoms with Crippen LogP contribution < -0.4 is 5.32 Å². The number of nitrogens with one attached hydrogen (secondary N) is 1. The lowest BCUT2D eigenvalue weighted by Crippen LogP contribution is -2.21. The van der Waals surface area contributed by atoms with Gasteiger partial charge in [0, 0.05) is 12.6 Å². The van der Waals surface area contributed by atoms with Gasteiger partial charge in [0.2, 0.25) is 5.01 Å². The van der Waals surface area contributed by atoms with E-state index in [1.165, 1.54) is 0 Å². The summed E-state index contributed by atoms with van der Waals surface area (Å²) in [6.45, 7) is 4.14. The highest BCUT2D eigenvalue weighted by Crippen LogP contribution is 2.31. The van der Waals surface area contributed by atoms with Crippen LogP contribution in [-0.2, 0) is 12.7 Å². The molecular weight excluding hydrogens is 215 g/mol. The predicted octanol–water partition coefficient (Wildman–Crippen LogP) is 2.05. The first-order valence-electron chi connectivity index (χ1n) is 4.02. The fraction of sp³-hybridized carbons (Fsp3) is 0.714. The molecule has 14 heavy (non-hydrogen) atoms. The minimum atomic E-state index is -4.38. The lowest BCUT2D eigenvalue weighted by molar-refractivity contribution is -0.138. The third-order valence-electron chi connectivity index (χ3n) is 1.37. The average molecular weight is 225 g/mol. The Balaban J connectivity index is 2.60. The Hall–Kier alpha value is -0.690.